The fraction of sp³-hybridized carbons (Fsp3) is 0.200. The van der Waals surface area contributed by atoms with Crippen LogP contribution < -0.4 is 0 Å². The first-order valence-corrected chi connectivity index (χ1v) is 6.57. The van der Waals surface area contributed by atoms with Gasteiger partial charge in [0.2, 0.25) is 0 Å². The molecule has 0 N–H and O–H groups in total. The first-order valence-electron chi connectivity index (χ1n) is 5.65. The highest BCUT2D eigenvalue weighted by Crippen LogP contribution is 2.33. The Morgan fingerprint density at radius 3 is 2.28 bits per heavy atom. The molecule has 0 aromatic heterocycles. The topological polar surface area (TPSA) is 0 Å². The molecule has 2 rings (SSSR count). The van der Waals surface area contributed by atoms with E-state index in [0.29, 0.717) is 11.1 Å². The summed E-state index contributed by atoms with van der Waals surface area (Å²) in [5.74, 6) is -0.507. The van der Waals surface area contributed by atoms with Crippen LogP contribution in [-0.4, -0.2) is 0 Å². The van der Waals surface area contributed by atoms with Crippen molar-refractivity contribution >= 4 is 15.9 Å². The van der Waals surface area contributed by atoms with Crippen LogP contribution in [0.4, 0.5) is 8.78 Å². The molecular weight excluding hydrogens is 298 g/mol. The molecule has 0 fully saturated rings. The smallest absolute Gasteiger partial charge is 0.127 e. The van der Waals surface area contributed by atoms with Gasteiger partial charge in [-0.25, -0.2) is 8.78 Å². The number of aryl methyl sites for hydroxylation is 2. The molecule has 0 aliphatic rings. The Hall–Kier alpha value is -1.22. The summed E-state index contributed by atoms with van der Waals surface area (Å²) in [6, 6.07) is 9.80. The van der Waals surface area contributed by atoms with Gasteiger partial charge in [0.05, 0.1) is 4.83 Å². The molecule has 0 saturated heterocycles. The average molecular weight is 311 g/mol. The van der Waals surface area contributed by atoms with Crippen LogP contribution >= 0.6 is 15.9 Å². The molecule has 0 aliphatic carbocycles. The van der Waals surface area contributed by atoms with Gasteiger partial charge in [-0.1, -0.05) is 45.8 Å². The molecule has 0 nitrogen and oxygen atoms in total. The zero-order valence-corrected chi connectivity index (χ0v) is 11.8. The quantitative estimate of drug-likeness (QED) is 0.680. The summed E-state index contributed by atoms with van der Waals surface area (Å²) in [5.41, 5.74) is 2.97. The van der Waals surface area contributed by atoms with Crippen molar-refractivity contribution in [2.24, 2.45) is 0 Å². The fourth-order valence-corrected chi connectivity index (χ4v) is 2.50. The van der Waals surface area contributed by atoms with Gasteiger partial charge < -0.3 is 0 Å². The molecule has 0 bridgehead atoms. The summed E-state index contributed by atoms with van der Waals surface area (Å²) < 4.78 is 27.0. The van der Waals surface area contributed by atoms with Gasteiger partial charge in [0, 0.05) is 5.56 Å². The summed E-state index contributed by atoms with van der Waals surface area (Å²) in [7, 11) is 0. The highest BCUT2D eigenvalue weighted by molar-refractivity contribution is 9.09. The zero-order chi connectivity index (χ0) is 13.3. The second kappa shape index (κ2) is 5.19. The lowest BCUT2D eigenvalue weighted by Gasteiger charge is -2.13. The lowest BCUT2D eigenvalue weighted by Crippen LogP contribution is -1.98. The van der Waals surface area contributed by atoms with Crippen LogP contribution in [-0.2, 0) is 0 Å². The van der Waals surface area contributed by atoms with Gasteiger partial charge in [-0.15, -0.1) is 0 Å². The van der Waals surface area contributed by atoms with Crippen LogP contribution in [0, 0.1) is 25.5 Å². The maximum atomic E-state index is 13.8. The van der Waals surface area contributed by atoms with E-state index in [1.54, 1.807) is 31.2 Å². The van der Waals surface area contributed by atoms with Crippen LogP contribution in [0.2, 0.25) is 0 Å². The molecule has 3 heteroatoms. The van der Waals surface area contributed by atoms with Crippen molar-refractivity contribution < 1.29 is 8.78 Å². The third-order valence-electron chi connectivity index (χ3n) is 2.90. The third-order valence-corrected chi connectivity index (χ3v) is 3.92. The minimum absolute atomic E-state index is 0.247. The summed E-state index contributed by atoms with van der Waals surface area (Å²) in [4.78, 5) is -0.267. The Morgan fingerprint density at radius 2 is 1.61 bits per heavy atom. The van der Waals surface area contributed by atoms with Crippen LogP contribution in [0.15, 0.2) is 36.4 Å². The second-order valence-corrected chi connectivity index (χ2v) is 5.31. The highest BCUT2D eigenvalue weighted by Gasteiger charge is 2.15. The Bertz CT molecular complexity index is 579. The largest absolute Gasteiger partial charge is 0.207 e. The van der Waals surface area contributed by atoms with Crippen LogP contribution in [0.1, 0.15) is 27.1 Å². The van der Waals surface area contributed by atoms with Gasteiger partial charge in [0.15, 0.2) is 0 Å². The molecule has 2 aromatic rings. The van der Waals surface area contributed by atoms with Gasteiger partial charge in [-0.3, -0.25) is 0 Å². The van der Waals surface area contributed by atoms with E-state index >= 15 is 0 Å². The van der Waals surface area contributed by atoms with Crippen molar-refractivity contribution in [1.29, 1.82) is 0 Å². The van der Waals surface area contributed by atoms with Crippen molar-refractivity contribution in [2.45, 2.75) is 18.7 Å². The Labute approximate surface area is 114 Å². The number of rotatable bonds is 2. The lowest BCUT2D eigenvalue weighted by atomic mass is 10.0. The Balaban J connectivity index is 2.44. The van der Waals surface area contributed by atoms with Gasteiger partial charge in [0.1, 0.15) is 11.6 Å². The van der Waals surface area contributed by atoms with Gasteiger partial charge in [0.25, 0.3) is 0 Å². The molecule has 2 aromatic carbocycles. The number of hydrogen-bond donors (Lipinski definition) is 0. The third kappa shape index (κ3) is 2.61. The van der Waals surface area contributed by atoms with Crippen molar-refractivity contribution in [3.8, 4) is 0 Å². The predicted molar refractivity (Wildman–Crippen MR) is 73.0 cm³/mol. The van der Waals surface area contributed by atoms with E-state index in [0.717, 1.165) is 11.1 Å². The van der Waals surface area contributed by atoms with Gasteiger partial charge >= 0.3 is 0 Å². The predicted octanol–water partition coefficient (Wildman–Crippen LogP) is 5.07. The fourth-order valence-electron chi connectivity index (χ4n) is 1.86. The standard InChI is InChI=1S/C15H13BrF2/c1-9-3-5-14(18)12(7-9)15(16)11-4-6-13(17)10(2)8-11/h3-8,15H,1-2H3. The second-order valence-electron chi connectivity index (χ2n) is 4.40. The van der Waals surface area contributed by atoms with Gasteiger partial charge in [-0.05, 0) is 37.1 Å². The number of alkyl halides is 1. The Kier molecular flexibility index (Phi) is 3.81. The van der Waals surface area contributed by atoms with Crippen molar-refractivity contribution in [3.05, 3.63) is 70.3 Å². The van der Waals surface area contributed by atoms with Crippen LogP contribution in [0.5, 0.6) is 0 Å². The van der Waals surface area contributed by atoms with E-state index in [9.17, 15) is 8.78 Å². The van der Waals surface area contributed by atoms with Crippen LogP contribution in [0.25, 0.3) is 0 Å². The normalized spacial score (nSPS) is 12.5. The monoisotopic (exact) mass is 310 g/mol. The minimum Gasteiger partial charge on any atom is -0.207 e. The average Bonchev–Trinajstić information content (AvgIpc) is 2.35. The molecule has 94 valence electrons. The van der Waals surface area contributed by atoms with E-state index in [1.165, 1.54) is 12.1 Å². The molecule has 18 heavy (non-hydrogen) atoms. The van der Waals surface area contributed by atoms with E-state index in [2.05, 4.69) is 15.9 Å². The molecule has 0 saturated carbocycles. The maximum absolute atomic E-state index is 13.8. The number of halogens is 3. The molecular formula is C15H13BrF2. The van der Waals surface area contributed by atoms with Gasteiger partial charge in [-0.2, -0.15) is 0 Å². The van der Waals surface area contributed by atoms with Crippen molar-refractivity contribution in [3.63, 3.8) is 0 Å². The van der Waals surface area contributed by atoms with E-state index < -0.39 is 0 Å². The maximum Gasteiger partial charge on any atom is 0.127 e. The molecule has 0 spiro atoms. The summed E-state index contributed by atoms with van der Waals surface area (Å²) >= 11 is 3.48. The number of benzene rings is 2. The first-order chi connectivity index (χ1) is 8.49. The van der Waals surface area contributed by atoms with E-state index in [4.69, 9.17) is 0 Å². The van der Waals surface area contributed by atoms with Crippen molar-refractivity contribution in [2.75, 3.05) is 0 Å². The van der Waals surface area contributed by atoms with Crippen molar-refractivity contribution in [1.82, 2.24) is 0 Å². The SMILES string of the molecule is Cc1ccc(F)c(C(Br)c2ccc(F)c(C)c2)c1. The highest BCUT2D eigenvalue weighted by atomic mass is 79.9. The molecule has 0 radical (unpaired) electrons. The zero-order valence-electron chi connectivity index (χ0n) is 10.2. The summed E-state index contributed by atoms with van der Waals surface area (Å²) in [6.45, 7) is 3.61. The Morgan fingerprint density at radius 1 is 0.944 bits per heavy atom. The number of hydrogen-bond acceptors (Lipinski definition) is 0. The molecule has 0 amide bonds. The van der Waals surface area contributed by atoms with E-state index in [1.807, 2.05) is 6.92 Å². The minimum atomic E-state index is -0.267. The van der Waals surface area contributed by atoms with E-state index in [-0.39, 0.29) is 16.5 Å². The molecule has 1 atom stereocenters. The van der Waals surface area contributed by atoms with Crippen LogP contribution in [0.3, 0.4) is 0 Å². The first kappa shape index (κ1) is 13.2. The summed E-state index contributed by atoms with van der Waals surface area (Å²) in [6.07, 6.45) is 0. The molecule has 0 aliphatic heterocycles. The lowest BCUT2D eigenvalue weighted by molar-refractivity contribution is 0.611. The summed E-state index contributed by atoms with van der Waals surface area (Å²) in [5, 5.41) is 0. The molecule has 0 heterocycles. The molecule has 1 unspecified atom stereocenters.